The van der Waals surface area contributed by atoms with Crippen LogP contribution in [0.1, 0.15) is 55.3 Å². The zero-order valence-electron chi connectivity index (χ0n) is 14.6. The SMILES string of the molecule is O=C(CCc1ccccc1)N1CCCC(Cc2nc(C3CC3)no2)C1. The maximum absolute atomic E-state index is 12.5. The second kappa shape index (κ2) is 7.38. The minimum atomic E-state index is 0.262. The van der Waals surface area contributed by atoms with Crippen molar-refractivity contribution in [3.8, 4) is 0 Å². The van der Waals surface area contributed by atoms with Crippen LogP contribution in [-0.2, 0) is 17.6 Å². The van der Waals surface area contributed by atoms with E-state index < -0.39 is 0 Å². The fraction of sp³-hybridized carbons (Fsp3) is 0.550. The molecule has 1 unspecified atom stereocenters. The molecule has 2 aromatic rings. The van der Waals surface area contributed by atoms with Crippen molar-refractivity contribution in [1.29, 1.82) is 0 Å². The number of amides is 1. The van der Waals surface area contributed by atoms with Gasteiger partial charge in [0.25, 0.3) is 0 Å². The number of piperidine rings is 1. The number of nitrogens with zero attached hydrogens (tertiary/aromatic N) is 3. The summed E-state index contributed by atoms with van der Waals surface area (Å²) in [6.07, 6.45) is 6.76. The fourth-order valence-corrected chi connectivity index (χ4v) is 3.62. The van der Waals surface area contributed by atoms with Gasteiger partial charge in [0.1, 0.15) is 0 Å². The Balaban J connectivity index is 1.28. The Bertz CT molecular complexity index is 709. The standard InChI is InChI=1S/C20H25N3O2/c24-19(11-8-15-5-2-1-3-6-15)23-12-4-7-16(14-23)13-18-21-20(22-25-18)17-9-10-17/h1-3,5-6,16-17H,4,7-14H2. The third-order valence-corrected chi connectivity index (χ3v) is 5.23. The van der Waals surface area contributed by atoms with Gasteiger partial charge in [-0.25, -0.2) is 0 Å². The molecular formula is C20H25N3O2. The lowest BCUT2D eigenvalue weighted by atomic mass is 9.94. The number of likely N-dealkylation sites (tertiary alicyclic amines) is 1. The summed E-state index contributed by atoms with van der Waals surface area (Å²) < 4.78 is 5.41. The number of benzene rings is 1. The van der Waals surface area contributed by atoms with Crippen molar-refractivity contribution in [2.75, 3.05) is 13.1 Å². The first-order valence-electron chi connectivity index (χ1n) is 9.42. The van der Waals surface area contributed by atoms with E-state index in [4.69, 9.17) is 4.52 Å². The number of carbonyl (C=O) groups excluding carboxylic acids is 1. The van der Waals surface area contributed by atoms with Crippen molar-refractivity contribution in [1.82, 2.24) is 15.0 Å². The lowest BCUT2D eigenvalue weighted by Gasteiger charge is -2.32. The maximum Gasteiger partial charge on any atom is 0.226 e. The molecule has 0 spiro atoms. The second-order valence-corrected chi connectivity index (χ2v) is 7.36. The van der Waals surface area contributed by atoms with Gasteiger partial charge in [0.2, 0.25) is 11.8 Å². The van der Waals surface area contributed by atoms with E-state index in [0.29, 0.717) is 18.3 Å². The molecule has 1 saturated carbocycles. The molecule has 2 fully saturated rings. The van der Waals surface area contributed by atoms with E-state index in [9.17, 15) is 4.79 Å². The van der Waals surface area contributed by atoms with Gasteiger partial charge in [-0.05, 0) is 43.6 Å². The molecule has 1 saturated heterocycles. The molecule has 0 bridgehead atoms. The predicted octanol–water partition coefficient (Wildman–Crippen LogP) is 3.36. The monoisotopic (exact) mass is 339 g/mol. The Kier molecular flexibility index (Phi) is 4.81. The number of aryl methyl sites for hydroxylation is 1. The normalized spacial score (nSPS) is 20.6. The molecule has 2 aliphatic rings. The summed E-state index contributed by atoms with van der Waals surface area (Å²) in [5.41, 5.74) is 1.22. The molecule has 1 aromatic heterocycles. The third kappa shape index (κ3) is 4.27. The highest BCUT2D eigenvalue weighted by atomic mass is 16.5. The largest absolute Gasteiger partial charge is 0.342 e. The van der Waals surface area contributed by atoms with Crippen LogP contribution in [0.5, 0.6) is 0 Å². The van der Waals surface area contributed by atoms with E-state index in [1.807, 2.05) is 23.1 Å². The predicted molar refractivity (Wildman–Crippen MR) is 94.0 cm³/mol. The lowest BCUT2D eigenvalue weighted by molar-refractivity contribution is -0.133. The summed E-state index contributed by atoms with van der Waals surface area (Å²) in [6, 6.07) is 10.2. The Labute approximate surface area is 148 Å². The molecule has 1 aliphatic heterocycles. The molecule has 0 radical (unpaired) electrons. The fourth-order valence-electron chi connectivity index (χ4n) is 3.62. The second-order valence-electron chi connectivity index (χ2n) is 7.36. The number of rotatable bonds is 6. The Morgan fingerprint density at radius 1 is 1.20 bits per heavy atom. The van der Waals surface area contributed by atoms with Gasteiger partial charge in [-0.15, -0.1) is 0 Å². The highest BCUT2D eigenvalue weighted by Crippen LogP contribution is 2.38. The average Bonchev–Trinajstić information content (AvgIpc) is 3.40. The van der Waals surface area contributed by atoms with Crippen LogP contribution < -0.4 is 0 Å². The topological polar surface area (TPSA) is 59.2 Å². The molecule has 132 valence electrons. The van der Waals surface area contributed by atoms with Crippen molar-refractivity contribution < 1.29 is 9.32 Å². The molecule has 1 aliphatic carbocycles. The summed E-state index contributed by atoms with van der Waals surface area (Å²) in [4.78, 5) is 19.1. The van der Waals surface area contributed by atoms with Crippen molar-refractivity contribution in [3.05, 3.63) is 47.6 Å². The first-order valence-corrected chi connectivity index (χ1v) is 9.42. The summed E-state index contributed by atoms with van der Waals surface area (Å²) in [7, 11) is 0. The summed E-state index contributed by atoms with van der Waals surface area (Å²) >= 11 is 0. The Morgan fingerprint density at radius 2 is 2.04 bits per heavy atom. The highest BCUT2D eigenvalue weighted by molar-refractivity contribution is 5.76. The van der Waals surface area contributed by atoms with Crippen LogP contribution >= 0.6 is 0 Å². The summed E-state index contributed by atoms with van der Waals surface area (Å²) in [6.45, 7) is 1.69. The zero-order valence-corrected chi connectivity index (χ0v) is 14.6. The van der Waals surface area contributed by atoms with Crippen molar-refractivity contribution in [3.63, 3.8) is 0 Å². The van der Waals surface area contributed by atoms with Crippen molar-refractivity contribution in [2.24, 2.45) is 5.92 Å². The Hall–Kier alpha value is -2.17. The van der Waals surface area contributed by atoms with E-state index in [1.165, 1.54) is 18.4 Å². The smallest absolute Gasteiger partial charge is 0.226 e. The van der Waals surface area contributed by atoms with Gasteiger partial charge < -0.3 is 9.42 Å². The molecule has 1 aromatic carbocycles. The van der Waals surface area contributed by atoms with Crippen molar-refractivity contribution in [2.45, 2.75) is 50.9 Å². The van der Waals surface area contributed by atoms with Crippen LogP contribution in [0.2, 0.25) is 0 Å². The van der Waals surface area contributed by atoms with E-state index in [1.54, 1.807) is 0 Å². The molecule has 4 rings (SSSR count). The molecule has 5 nitrogen and oxygen atoms in total. The maximum atomic E-state index is 12.5. The summed E-state index contributed by atoms with van der Waals surface area (Å²) in [5.74, 6) is 2.84. The van der Waals surface area contributed by atoms with E-state index >= 15 is 0 Å². The van der Waals surface area contributed by atoms with E-state index in [0.717, 1.165) is 50.5 Å². The molecule has 1 amide bonds. The van der Waals surface area contributed by atoms with Gasteiger partial charge in [0.15, 0.2) is 5.82 Å². The van der Waals surface area contributed by atoms with E-state index in [2.05, 4.69) is 22.3 Å². The van der Waals surface area contributed by atoms with Crippen molar-refractivity contribution >= 4 is 5.91 Å². The van der Waals surface area contributed by atoms with Crippen LogP contribution in [0.25, 0.3) is 0 Å². The molecular weight excluding hydrogens is 314 g/mol. The number of hydrogen-bond donors (Lipinski definition) is 0. The van der Waals surface area contributed by atoms with Gasteiger partial charge in [-0.1, -0.05) is 35.5 Å². The molecule has 2 heterocycles. The van der Waals surface area contributed by atoms with Gasteiger partial charge in [0.05, 0.1) is 0 Å². The lowest BCUT2D eigenvalue weighted by Crippen LogP contribution is -2.40. The van der Waals surface area contributed by atoms with Crippen LogP contribution in [0, 0.1) is 5.92 Å². The quantitative estimate of drug-likeness (QED) is 0.810. The highest BCUT2D eigenvalue weighted by Gasteiger charge is 2.30. The average molecular weight is 339 g/mol. The number of hydrogen-bond acceptors (Lipinski definition) is 4. The van der Waals surface area contributed by atoms with Crippen LogP contribution in [0.15, 0.2) is 34.9 Å². The number of aromatic nitrogens is 2. The third-order valence-electron chi connectivity index (χ3n) is 5.23. The van der Waals surface area contributed by atoms with Gasteiger partial charge in [0, 0.05) is 31.8 Å². The van der Waals surface area contributed by atoms with Crippen LogP contribution in [0.3, 0.4) is 0 Å². The van der Waals surface area contributed by atoms with Gasteiger partial charge >= 0.3 is 0 Å². The minimum absolute atomic E-state index is 0.262. The molecule has 0 N–H and O–H groups in total. The Morgan fingerprint density at radius 3 is 2.84 bits per heavy atom. The van der Waals surface area contributed by atoms with Gasteiger partial charge in [-0.3, -0.25) is 4.79 Å². The minimum Gasteiger partial charge on any atom is -0.342 e. The molecule has 25 heavy (non-hydrogen) atoms. The summed E-state index contributed by atoms with van der Waals surface area (Å²) in [5, 5.41) is 4.09. The van der Waals surface area contributed by atoms with E-state index in [-0.39, 0.29) is 5.91 Å². The molecule has 5 heteroatoms. The number of carbonyl (C=O) groups is 1. The first kappa shape index (κ1) is 16.3. The first-order chi connectivity index (χ1) is 12.3. The van der Waals surface area contributed by atoms with Crippen LogP contribution in [-0.4, -0.2) is 34.0 Å². The zero-order chi connectivity index (χ0) is 17.1. The van der Waals surface area contributed by atoms with Gasteiger partial charge in [-0.2, -0.15) is 4.98 Å². The molecule has 1 atom stereocenters. The van der Waals surface area contributed by atoms with Crippen LogP contribution in [0.4, 0.5) is 0 Å².